The molecule has 0 saturated heterocycles. The molecule has 6 nitrogen and oxygen atoms in total. The Morgan fingerprint density at radius 1 is 1.27 bits per heavy atom. The van der Waals surface area contributed by atoms with Crippen LogP contribution in [0.25, 0.3) is 0 Å². The van der Waals surface area contributed by atoms with Gasteiger partial charge in [0.1, 0.15) is 4.58 Å². The number of aromatic nitrogens is 1. The lowest BCUT2D eigenvalue weighted by atomic mass is 10.1. The molecule has 0 spiro atoms. The molecule has 1 unspecified atom stereocenters. The number of carbonyl (C=O) groups excluding carboxylic acids is 2. The lowest BCUT2D eigenvalue weighted by Crippen LogP contribution is -2.24. The zero-order valence-electron chi connectivity index (χ0n) is 13.8. The highest BCUT2D eigenvalue weighted by atomic mass is 32.3. The lowest BCUT2D eigenvalue weighted by Gasteiger charge is -2.13. The van der Waals surface area contributed by atoms with Crippen molar-refractivity contribution in [1.29, 1.82) is 0 Å². The molecule has 3 rings (SSSR count). The first-order valence-corrected chi connectivity index (χ1v) is 11.1. The number of hydrogen-bond donors (Lipinski definition) is 1. The first-order chi connectivity index (χ1) is 12.3. The van der Waals surface area contributed by atoms with Crippen molar-refractivity contribution in [3.63, 3.8) is 0 Å². The molecule has 0 aliphatic carbocycles. The number of ketones is 1. The second-order valence-electron chi connectivity index (χ2n) is 5.66. The molecule has 0 bridgehead atoms. The second-order valence-corrected chi connectivity index (χ2v) is 10.2. The lowest BCUT2D eigenvalue weighted by molar-refractivity contribution is -0.109. The van der Waals surface area contributed by atoms with E-state index in [9.17, 15) is 18.0 Å². The van der Waals surface area contributed by atoms with Gasteiger partial charge in [-0.1, -0.05) is 11.8 Å². The average Bonchev–Trinajstić information content (AvgIpc) is 3.05. The molecule has 1 atom stereocenters. The summed E-state index contributed by atoms with van der Waals surface area (Å²) in [6.45, 7) is 1.41. The molecule has 1 aromatic heterocycles. The molecule has 0 amide bonds. The van der Waals surface area contributed by atoms with Crippen LogP contribution in [0, 0.1) is 0 Å². The van der Waals surface area contributed by atoms with Crippen molar-refractivity contribution in [1.82, 2.24) is 4.98 Å². The second kappa shape index (κ2) is 7.81. The molecular formula is C17H16N2O4S3. The molecule has 1 aromatic carbocycles. The highest BCUT2D eigenvalue weighted by molar-refractivity contribution is 8.14. The van der Waals surface area contributed by atoms with Crippen LogP contribution in [-0.4, -0.2) is 34.6 Å². The van der Waals surface area contributed by atoms with E-state index in [0.717, 1.165) is 22.2 Å². The number of fused-ring (bicyclic) bond motifs is 1. The summed E-state index contributed by atoms with van der Waals surface area (Å²) in [5.74, 6) is -0.0975. The van der Waals surface area contributed by atoms with Crippen LogP contribution in [0.5, 0.6) is 0 Å². The Morgan fingerprint density at radius 3 is 2.65 bits per heavy atom. The molecule has 26 heavy (non-hydrogen) atoms. The zero-order chi connectivity index (χ0) is 18.7. The normalized spacial score (nSPS) is 16.1. The number of pyridine rings is 1. The Morgan fingerprint density at radius 2 is 2.00 bits per heavy atom. The van der Waals surface area contributed by atoms with Crippen LogP contribution in [0.4, 0.5) is 5.69 Å². The number of hydrogen-bond acceptors (Lipinski definition) is 7. The number of nitrogens with one attached hydrogen (secondary N) is 1. The predicted molar refractivity (Wildman–Crippen MR) is 104 cm³/mol. The van der Waals surface area contributed by atoms with Crippen molar-refractivity contribution in [2.24, 2.45) is 0 Å². The minimum absolute atomic E-state index is 0.0748. The van der Waals surface area contributed by atoms with Gasteiger partial charge in [-0.25, -0.2) is 8.42 Å². The highest BCUT2D eigenvalue weighted by Gasteiger charge is 2.33. The van der Waals surface area contributed by atoms with Gasteiger partial charge in [-0.05, 0) is 35.9 Å². The number of sulfonamides is 1. The van der Waals surface area contributed by atoms with Gasteiger partial charge >= 0.3 is 0 Å². The highest BCUT2D eigenvalue weighted by Crippen LogP contribution is 2.39. The first-order valence-electron chi connectivity index (χ1n) is 7.73. The summed E-state index contributed by atoms with van der Waals surface area (Å²) < 4.78 is 27.2. The van der Waals surface area contributed by atoms with E-state index in [1.807, 2.05) is 6.07 Å². The van der Waals surface area contributed by atoms with Crippen molar-refractivity contribution < 1.29 is 18.0 Å². The fourth-order valence-corrected chi connectivity index (χ4v) is 5.85. The topological polar surface area (TPSA) is 93.2 Å². The summed E-state index contributed by atoms with van der Waals surface area (Å²) in [4.78, 5) is 27.8. The maximum absolute atomic E-state index is 12.6. The van der Waals surface area contributed by atoms with Crippen molar-refractivity contribution in [2.45, 2.75) is 22.8 Å². The molecule has 2 heterocycles. The van der Waals surface area contributed by atoms with E-state index < -0.39 is 14.6 Å². The van der Waals surface area contributed by atoms with E-state index in [2.05, 4.69) is 9.71 Å². The summed E-state index contributed by atoms with van der Waals surface area (Å²) in [5.41, 5.74) is 1.77. The predicted octanol–water partition coefficient (Wildman–Crippen LogP) is 2.96. The van der Waals surface area contributed by atoms with Crippen molar-refractivity contribution in [3.05, 3.63) is 53.9 Å². The first kappa shape index (κ1) is 18.9. The summed E-state index contributed by atoms with van der Waals surface area (Å²) in [6, 6.07) is 8.03. The Bertz CT molecular complexity index is 918. The van der Waals surface area contributed by atoms with E-state index >= 15 is 0 Å². The fourth-order valence-electron chi connectivity index (χ4n) is 2.42. The Labute approximate surface area is 160 Å². The molecule has 1 aliphatic rings. The molecule has 1 aliphatic heterocycles. The number of anilines is 1. The third-order valence-electron chi connectivity index (χ3n) is 3.72. The molecule has 1 N–H and O–H groups in total. The van der Waals surface area contributed by atoms with Crippen LogP contribution >= 0.6 is 23.5 Å². The van der Waals surface area contributed by atoms with Crippen LogP contribution in [-0.2, 0) is 21.2 Å². The van der Waals surface area contributed by atoms with Crippen LogP contribution in [0.3, 0.4) is 0 Å². The third-order valence-corrected chi connectivity index (χ3v) is 8.05. The molecule has 2 aromatic rings. The summed E-state index contributed by atoms with van der Waals surface area (Å²) in [6.07, 6.45) is 3.74. The number of rotatable bonds is 6. The third kappa shape index (κ3) is 4.46. The maximum Gasteiger partial charge on any atom is 0.245 e. The minimum Gasteiger partial charge on any atom is -0.293 e. The Balaban J connectivity index is 1.65. The number of nitrogens with zero attached hydrogens (tertiary/aromatic N) is 1. The van der Waals surface area contributed by atoms with Gasteiger partial charge in [-0.3, -0.25) is 19.3 Å². The van der Waals surface area contributed by atoms with Crippen LogP contribution in [0.15, 0.2) is 47.6 Å². The number of carbonyl (C=O) groups is 2. The molecule has 9 heteroatoms. The van der Waals surface area contributed by atoms with Crippen molar-refractivity contribution in [3.8, 4) is 0 Å². The molecule has 0 fully saturated rings. The van der Waals surface area contributed by atoms with Crippen LogP contribution in [0.1, 0.15) is 22.8 Å². The smallest absolute Gasteiger partial charge is 0.245 e. The van der Waals surface area contributed by atoms with Gasteiger partial charge in [0.25, 0.3) is 0 Å². The molecule has 0 saturated carbocycles. The van der Waals surface area contributed by atoms with Gasteiger partial charge in [-0.2, -0.15) is 0 Å². The van der Waals surface area contributed by atoms with Gasteiger partial charge < -0.3 is 0 Å². The van der Waals surface area contributed by atoms with E-state index in [-0.39, 0.29) is 16.7 Å². The quantitative estimate of drug-likeness (QED) is 0.735. The number of benzene rings is 1. The SMILES string of the molecule is CC(=O)SCC(=O)c1ccc(NS(=O)(=O)C2Cc3cnccc3S2)cc1. The molecular weight excluding hydrogens is 392 g/mol. The largest absolute Gasteiger partial charge is 0.293 e. The fraction of sp³-hybridized carbons (Fsp3) is 0.235. The van der Waals surface area contributed by atoms with Crippen LogP contribution < -0.4 is 4.72 Å². The van der Waals surface area contributed by atoms with Crippen LogP contribution in [0.2, 0.25) is 0 Å². The van der Waals surface area contributed by atoms with Gasteiger partial charge in [0.05, 0.1) is 5.75 Å². The van der Waals surface area contributed by atoms with Gasteiger partial charge in [0.15, 0.2) is 10.9 Å². The summed E-state index contributed by atoms with van der Waals surface area (Å²) in [5, 5.41) is -0.118. The van der Waals surface area contributed by atoms with E-state index in [1.54, 1.807) is 36.7 Å². The standard InChI is InChI=1S/C17H16N2O4S3/c1-11(20)24-10-15(21)12-2-4-14(5-3-12)19-26(22,23)17-8-13-9-18-7-6-16(13)25-17/h2-7,9,17,19H,8,10H2,1H3. The van der Waals surface area contributed by atoms with E-state index in [1.165, 1.54) is 18.7 Å². The van der Waals surface area contributed by atoms with Gasteiger partial charge in [-0.15, -0.1) is 11.8 Å². The summed E-state index contributed by atoms with van der Waals surface area (Å²) >= 11 is 2.25. The van der Waals surface area contributed by atoms with Gasteiger partial charge in [0.2, 0.25) is 10.0 Å². The van der Waals surface area contributed by atoms with E-state index in [4.69, 9.17) is 0 Å². The number of thioether (sulfide) groups is 2. The average molecular weight is 409 g/mol. The zero-order valence-corrected chi connectivity index (χ0v) is 16.3. The minimum atomic E-state index is -3.58. The number of Topliss-reactive ketones (excluding diaryl/α,β-unsaturated/α-hetero) is 1. The maximum atomic E-state index is 12.6. The Hall–Kier alpha value is -1.84. The Kier molecular flexibility index (Phi) is 5.69. The van der Waals surface area contributed by atoms with Gasteiger partial charge in [0, 0.05) is 41.9 Å². The monoisotopic (exact) mass is 408 g/mol. The van der Waals surface area contributed by atoms with Crippen molar-refractivity contribution in [2.75, 3.05) is 10.5 Å². The molecule has 136 valence electrons. The molecule has 0 radical (unpaired) electrons. The van der Waals surface area contributed by atoms with E-state index in [0.29, 0.717) is 17.7 Å². The van der Waals surface area contributed by atoms with Crippen molar-refractivity contribution >= 4 is 50.1 Å². The summed E-state index contributed by atoms with van der Waals surface area (Å²) in [7, 11) is -3.58.